The number of hydrogen-bond acceptors (Lipinski definition) is 5. The van der Waals surface area contributed by atoms with Gasteiger partial charge in [0.1, 0.15) is 0 Å². The van der Waals surface area contributed by atoms with Crippen LogP contribution < -0.4 is 11.1 Å². The fourth-order valence-electron chi connectivity index (χ4n) is 1.49. The Morgan fingerprint density at radius 2 is 2.00 bits per heavy atom. The molecule has 8 heteroatoms. The van der Waals surface area contributed by atoms with Gasteiger partial charge in [-0.3, -0.25) is 0 Å². The Hall–Kier alpha value is -1.61. The van der Waals surface area contributed by atoms with Gasteiger partial charge in [0.2, 0.25) is 0 Å². The van der Waals surface area contributed by atoms with Crippen molar-refractivity contribution in [3.63, 3.8) is 0 Å². The lowest BCUT2D eigenvalue weighted by molar-refractivity contribution is 0.0691. The Morgan fingerprint density at radius 3 is 2.60 bits per heavy atom. The van der Waals surface area contributed by atoms with E-state index in [1.54, 1.807) is 0 Å². The van der Waals surface area contributed by atoms with Crippen LogP contribution in [0, 0.1) is 3.57 Å². The van der Waals surface area contributed by atoms with Crippen LogP contribution in [0.2, 0.25) is 5.15 Å². The highest BCUT2D eigenvalue weighted by Crippen LogP contribution is 2.21. The Kier molecular flexibility index (Phi) is 4.61. The van der Waals surface area contributed by atoms with E-state index < -0.39 is 5.97 Å². The lowest BCUT2D eigenvalue weighted by Gasteiger charge is -2.09. The van der Waals surface area contributed by atoms with Gasteiger partial charge in [0.15, 0.2) is 22.5 Å². The van der Waals surface area contributed by atoms with Gasteiger partial charge in [-0.2, -0.15) is 0 Å². The Bertz CT molecular complexity index is 649. The largest absolute Gasteiger partial charge is 0.476 e. The zero-order valence-electron chi connectivity index (χ0n) is 10.1. The van der Waals surface area contributed by atoms with Gasteiger partial charge in [-0.1, -0.05) is 23.7 Å². The number of nitrogens with zero attached hydrogens (tertiary/aromatic N) is 2. The number of hydrogen-bond donors (Lipinski definition) is 3. The molecule has 0 bridgehead atoms. The summed E-state index contributed by atoms with van der Waals surface area (Å²) in [7, 11) is 0. The maximum absolute atomic E-state index is 10.8. The van der Waals surface area contributed by atoms with Crippen LogP contribution in [-0.2, 0) is 6.54 Å². The van der Waals surface area contributed by atoms with Crippen molar-refractivity contribution in [3.05, 3.63) is 44.2 Å². The molecule has 4 N–H and O–H groups in total. The van der Waals surface area contributed by atoms with Gasteiger partial charge < -0.3 is 16.2 Å². The highest BCUT2D eigenvalue weighted by Gasteiger charge is 2.15. The number of nitrogen functional groups attached to an aromatic ring is 1. The molecular formula is C12H10ClIN4O2. The number of aromatic carboxylic acids is 1. The summed E-state index contributed by atoms with van der Waals surface area (Å²) in [4.78, 5) is 18.5. The summed E-state index contributed by atoms with van der Waals surface area (Å²) in [6.07, 6.45) is 0. The maximum atomic E-state index is 10.8. The number of rotatable bonds is 4. The number of halogens is 2. The molecule has 0 spiro atoms. The molecule has 0 fully saturated rings. The standard InChI is InChI=1S/C12H10ClIN4O2/c13-9-11(18-10(15)8(17-9)12(19)20)16-5-6-1-3-7(14)4-2-6/h1-4H,5H2,(H,19,20)(H3,15,16,18). The van der Waals surface area contributed by atoms with Gasteiger partial charge in [0, 0.05) is 10.1 Å². The monoisotopic (exact) mass is 404 g/mol. The molecule has 6 nitrogen and oxygen atoms in total. The predicted molar refractivity (Wildman–Crippen MR) is 84.9 cm³/mol. The normalized spacial score (nSPS) is 10.3. The van der Waals surface area contributed by atoms with E-state index in [9.17, 15) is 4.79 Å². The Balaban J connectivity index is 2.16. The van der Waals surface area contributed by atoms with E-state index in [0.717, 1.165) is 9.13 Å². The summed E-state index contributed by atoms with van der Waals surface area (Å²) >= 11 is 8.10. The number of carboxylic acid groups (broad SMARTS) is 1. The second kappa shape index (κ2) is 6.23. The predicted octanol–water partition coefficient (Wildman–Crippen LogP) is 2.63. The van der Waals surface area contributed by atoms with Crippen molar-refractivity contribution >= 4 is 51.8 Å². The molecular weight excluding hydrogens is 395 g/mol. The molecule has 1 aromatic carbocycles. The van der Waals surface area contributed by atoms with Crippen molar-refractivity contribution in [2.45, 2.75) is 6.54 Å². The maximum Gasteiger partial charge on any atom is 0.358 e. The number of carboxylic acids is 1. The Morgan fingerprint density at radius 1 is 1.35 bits per heavy atom. The molecule has 2 rings (SSSR count). The number of anilines is 2. The zero-order valence-corrected chi connectivity index (χ0v) is 13.0. The summed E-state index contributed by atoms with van der Waals surface area (Å²) in [6, 6.07) is 7.88. The van der Waals surface area contributed by atoms with Crippen molar-refractivity contribution in [1.82, 2.24) is 9.97 Å². The molecule has 1 aromatic heterocycles. The minimum absolute atomic E-state index is 0.0258. The molecule has 104 valence electrons. The van der Waals surface area contributed by atoms with Gasteiger partial charge >= 0.3 is 5.97 Å². The number of nitrogens with one attached hydrogen (secondary N) is 1. The molecule has 0 amide bonds. The van der Waals surface area contributed by atoms with Gasteiger partial charge in [0.25, 0.3) is 0 Å². The molecule has 0 aliphatic heterocycles. The highest BCUT2D eigenvalue weighted by molar-refractivity contribution is 14.1. The third-order valence-electron chi connectivity index (χ3n) is 2.46. The Labute approximate surface area is 133 Å². The smallest absolute Gasteiger partial charge is 0.358 e. The molecule has 20 heavy (non-hydrogen) atoms. The fourth-order valence-corrected chi connectivity index (χ4v) is 2.04. The number of benzene rings is 1. The first kappa shape index (κ1) is 14.8. The van der Waals surface area contributed by atoms with Crippen LogP contribution >= 0.6 is 34.2 Å². The van der Waals surface area contributed by atoms with Gasteiger partial charge in [0.05, 0.1) is 0 Å². The average molecular weight is 405 g/mol. The minimum atomic E-state index is -1.26. The molecule has 1 heterocycles. The van der Waals surface area contributed by atoms with Crippen LogP contribution in [0.15, 0.2) is 24.3 Å². The zero-order chi connectivity index (χ0) is 14.7. The third-order valence-corrected chi connectivity index (χ3v) is 3.44. The van der Waals surface area contributed by atoms with E-state index in [1.807, 2.05) is 24.3 Å². The molecule has 0 radical (unpaired) electrons. The van der Waals surface area contributed by atoms with Gasteiger partial charge in [-0.25, -0.2) is 14.8 Å². The van der Waals surface area contributed by atoms with Crippen molar-refractivity contribution in [3.8, 4) is 0 Å². The van der Waals surface area contributed by atoms with E-state index in [1.165, 1.54) is 0 Å². The number of aromatic nitrogens is 2. The van der Waals surface area contributed by atoms with Crippen molar-refractivity contribution in [1.29, 1.82) is 0 Å². The second-order valence-electron chi connectivity index (χ2n) is 3.88. The van der Waals surface area contributed by atoms with Crippen LogP contribution in [-0.4, -0.2) is 21.0 Å². The first-order chi connectivity index (χ1) is 9.47. The van der Waals surface area contributed by atoms with Crippen LogP contribution in [0.3, 0.4) is 0 Å². The van der Waals surface area contributed by atoms with Crippen molar-refractivity contribution < 1.29 is 9.90 Å². The number of carbonyl (C=O) groups is 1. The highest BCUT2D eigenvalue weighted by atomic mass is 127. The molecule has 0 saturated heterocycles. The van der Waals surface area contributed by atoms with Crippen LogP contribution in [0.5, 0.6) is 0 Å². The van der Waals surface area contributed by atoms with Crippen molar-refractivity contribution in [2.24, 2.45) is 0 Å². The molecule has 0 aliphatic carbocycles. The van der Waals surface area contributed by atoms with Gasteiger partial charge in [-0.05, 0) is 40.3 Å². The third kappa shape index (κ3) is 3.48. The quantitative estimate of drug-likeness (QED) is 0.677. The lowest BCUT2D eigenvalue weighted by Crippen LogP contribution is -2.11. The average Bonchev–Trinajstić information content (AvgIpc) is 2.41. The lowest BCUT2D eigenvalue weighted by atomic mass is 10.2. The van der Waals surface area contributed by atoms with E-state index >= 15 is 0 Å². The molecule has 0 atom stereocenters. The SMILES string of the molecule is Nc1nc(NCc2ccc(I)cc2)c(Cl)nc1C(=O)O. The second-order valence-corrected chi connectivity index (χ2v) is 5.49. The topological polar surface area (TPSA) is 101 Å². The van der Waals surface area contributed by atoms with E-state index in [4.69, 9.17) is 22.4 Å². The van der Waals surface area contributed by atoms with E-state index in [2.05, 4.69) is 37.9 Å². The summed E-state index contributed by atoms with van der Waals surface area (Å²) in [6.45, 7) is 0.483. The minimum Gasteiger partial charge on any atom is -0.476 e. The van der Waals surface area contributed by atoms with E-state index in [-0.39, 0.29) is 22.5 Å². The first-order valence-corrected chi connectivity index (χ1v) is 6.97. The summed E-state index contributed by atoms with van der Waals surface area (Å²) in [5.41, 5.74) is 6.21. The molecule has 0 saturated carbocycles. The van der Waals surface area contributed by atoms with Crippen LogP contribution in [0.4, 0.5) is 11.6 Å². The van der Waals surface area contributed by atoms with Gasteiger partial charge in [-0.15, -0.1) is 0 Å². The summed E-state index contributed by atoms with van der Waals surface area (Å²) in [5, 5.41) is 11.8. The van der Waals surface area contributed by atoms with E-state index in [0.29, 0.717) is 6.54 Å². The molecule has 0 unspecified atom stereocenters. The first-order valence-electron chi connectivity index (χ1n) is 5.52. The summed E-state index contributed by atoms with van der Waals surface area (Å²) < 4.78 is 1.14. The fraction of sp³-hybridized carbons (Fsp3) is 0.0833. The van der Waals surface area contributed by atoms with Crippen molar-refractivity contribution in [2.75, 3.05) is 11.1 Å². The van der Waals surface area contributed by atoms with Crippen LogP contribution in [0.1, 0.15) is 16.1 Å². The summed E-state index contributed by atoms with van der Waals surface area (Å²) in [5.74, 6) is -1.18. The molecule has 0 aliphatic rings. The number of nitrogens with two attached hydrogens (primary N) is 1. The van der Waals surface area contributed by atoms with Crippen LogP contribution in [0.25, 0.3) is 0 Å². The molecule has 2 aromatic rings.